The van der Waals surface area contributed by atoms with Crippen molar-refractivity contribution in [1.82, 2.24) is 10.2 Å². The molecule has 4 nitrogen and oxygen atoms in total. The smallest absolute Gasteiger partial charge is 0.314 e. The zero-order valence-corrected chi connectivity index (χ0v) is 8.54. The van der Waals surface area contributed by atoms with Crippen LogP contribution in [0.4, 0.5) is 4.79 Å². The molecule has 1 saturated carbocycles. The number of nitrogens with two attached hydrogens (primary N) is 1. The summed E-state index contributed by atoms with van der Waals surface area (Å²) >= 11 is 0. The van der Waals surface area contributed by atoms with Crippen LogP contribution in [0, 0.1) is 0 Å². The van der Waals surface area contributed by atoms with E-state index >= 15 is 0 Å². The fourth-order valence-corrected chi connectivity index (χ4v) is 2.52. The SMILES string of the molecule is NC(=O)N1CCC(NC2CCCC2)C1. The quantitative estimate of drug-likeness (QED) is 0.683. The maximum absolute atomic E-state index is 10.9. The van der Waals surface area contributed by atoms with E-state index in [4.69, 9.17) is 5.73 Å². The van der Waals surface area contributed by atoms with Gasteiger partial charge < -0.3 is 16.0 Å². The summed E-state index contributed by atoms with van der Waals surface area (Å²) in [5.74, 6) is 0. The van der Waals surface area contributed by atoms with Crippen LogP contribution in [0.3, 0.4) is 0 Å². The van der Waals surface area contributed by atoms with Gasteiger partial charge in [0.05, 0.1) is 0 Å². The largest absolute Gasteiger partial charge is 0.351 e. The summed E-state index contributed by atoms with van der Waals surface area (Å²) in [4.78, 5) is 12.6. The van der Waals surface area contributed by atoms with Crippen LogP contribution in [0.1, 0.15) is 32.1 Å². The lowest BCUT2D eigenvalue weighted by Crippen LogP contribution is -2.41. The summed E-state index contributed by atoms with van der Waals surface area (Å²) in [5, 5.41) is 3.61. The van der Waals surface area contributed by atoms with E-state index in [1.807, 2.05) is 0 Å². The van der Waals surface area contributed by atoms with Crippen molar-refractivity contribution >= 4 is 6.03 Å². The molecule has 0 radical (unpaired) electrons. The number of nitrogens with one attached hydrogen (secondary N) is 1. The third-order valence-electron chi connectivity index (χ3n) is 3.33. The van der Waals surface area contributed by atoms with Crippen molar-refractivity contribution in [1.29, 1.82) is 0 Å². The van der Waals surface area contributed by atoms with Crippen molar-refractivity contribution in [2.75, 3.05) is 13.1 Å². The van der Waals surface area contributed by atoms with E-state index in [0.717, 1.165) is 19.5 Å². The Bertz CT molecular complexity index is 213. The zero-order valence-electron chi connectivity index (χ0n) is 8.54. The average molecular weight is 197 g/mol. The normalized spacial score (nSPS) is 28.6. The molecule has 0 aromatic carbocycles. The molecular formula is C10H19N3O. The highest BCUT2D eigenvalue weighted by Gasteiger charge is 2.27. The predicted octanol–water partition coefficient (Wildman–Crippen LogP) is 0.672. The summed E-state index contributed by atoms with van der Waals surface area (Å²) in [6.45, 7) is 1.62. The molecule has 4 heteroatoms. The number of rotatable bonds is 2. The minimum Gasteiger partial charge on any atom is -0.351 e. The first kappa shape index (κ1) is 9.77. The number of hydrogen-bond acceptors (Lipinski definition) is 2. The van der Waals surface area contributed by atoms with Gasteiger partial charge in [-0.05, 0) is 19.3 Å². The molecule has 1 aliphatic heterocycles. The van der Waals surface area contributed by atoms with Crippen molar-refractivity contribution in [3.8, 4) is 0 Å². The van der Waals surface area contributed by atoms with Gasteiger partial charge >= 0.3 is 6.03 Å². The second-order valence-electron chi connectivity index (χ2n) is 4.42. The molecule has 0 aromatic heterocycles. The zero-order chi connectivity index (χ0) is 9.97. The minimum atomic E-state index is -0.277. The molecular weight excluding hydrogens is 178 g/mol. The van der Waals surface area contributed by atoms with Gasteiger partial charge in [0, 0.05) is 25.2 Å². The maximum atomic E-state index is 10.9. The molecule has 0 aromatic rings. The van der Waals surface area contributed by atoms with Gasteiger partial charge in [-0.25, -0.2) is 4.79 Å². The number of carbonyl (C=O) groups is 1. The average Bonchev–Trinajstić information content (AvgIpc) is 2.75. The van der Waals surface area contributed by atoms with Crippen molar-refractivity contribution < 1.29 is 4.79 Å². The Balaban J connectivity index is 1.75. The molecule has 1 unspecified atom stereocenters. The lowest BCUT2D eigenvalue weighted by Gasteiger charge is -2.18. The first-order chi connectivity index (χ1) is 6.75. The van der Waals surface area contributed by atoms with Crippen LogP contribution >= 0.6 is 0 Å². The van der Waals surface area contributed by atoms with E-state index in [0.29, 0.717) is 12.1 Å². The molecule has 1 aliphatic carbocycles. The molecule has 0 spiro atoms. The van der Waals surface area contributed by atoms with E-state index in [1.165, 1.54) is 25.7 Å². The van der Waals surface area contributed by atoms with E-state index < -0.39 is 0 Å². The number of hydrogen-bond donors (Lipinski definition) is 2. The highest BCUT2D eigenvalue weighted by molar-refractivity contribution is 5.72. The molecule has 0 bridgehead atoms. The third-order valence-corrected chi connectivity index (χ3v) is 3.33. The summed E-state index contributed by atoms with van der Waals surface area (Å²) in [6, 6.07) is 0.888. The first-order valence-corrected chi connectivity index (χ1v) is 5.56. The predicted molar refractivity (Wildman–Crippen MR) is 55.0 cm³/mol. The molecule has 2 rings (SSSR count). The fraction of sp³-hybridized carbons (Fsp3) is 0.900. The van der Waals surface area contributed by atoms with Gasteiger partial charge in [0.25, 0.3) is 0 Å². The molecule has 14 heavy (non-hydrogen) atoms. The van der Waals surface area contributed by atoms with Crippen LogP contribution in [0.25, 0.3) is 0 Å². The van der Waals surface area contributed by atoms with Gasteiger partial charge in [0.15, 0.2) is 0 Å². The van der Waals surface area contributed by atoms with E-state index in [9.17, 15) is 4.79 Å². The van der Waals surface area contributed by atoms with E-state index in [1.54, 1.807) is 4.90 Å². The summed E-state index contributed by atoms with van der Waals surface area (Å²) in [6.07, 6.45) is 6.35. The Morgan fingerprint density at radius 2 is 1.93 bits per heavy atom. The van der Waals surface area contributed by atoms with Crippen molar-refractivity contribution in [2.24, 2.45) is 5.73 Å². The summed E-state index contributed by atoms with van der Waals surface area (Å²) in [5.41, 5.74) is 5.23. The molecule has 80 valence electrons. The van der Waals surface area contributed by atoms with Gasteiger partial charge in [-0.2, -0.15) is 0 Å². The Labute approximate surface area is 84.8 Å². The molecule has 1 atom stereocenters. The number of likely N-dealkylation sites (tertiary alicyclic amines) is 1. The second kappa shape index (κ2) is 4.17. The lowest BCUT2D eigenvalue weighted by atomic mass is 10.2. The maximum Gasteiger partial charge on any atom is 0.314 e. The Morgan fingerprint density at radius 3 is 2.50 bits per heavy atom. The van der Waals surface area contributed by atoms with E-state index in [-0.39, 0.29) is 6.03 Å². The summed E-state index contributed by atoms with van der Waals surface area (Å²) < 4.78 is 0. The Hall–Kier alpha value is -0.770. The molecule has 1 heterocycles. The van der Waals surface area contributed by atoms with Crippen LogP contribution in [-0.2, 0) is 0 Å². The summed E-state index contributed by atoms with van der Waals surface area (Å²) in [7, 11) is 0. The number of primary amides is 1. The van der Waals surface area contributed by atoms with Crippen LogP contribution in [0.2, 0.25) is 0 Å². The van der Waals surface area contributed by atoms with Crippen LogP contribution in [-0.4, -0.2) is 36.1 Å². The molecule has 1 saturated heterocycles. The molecule has 3 N–H and O–H groups in total. The first-order valence-electron chi connectivity index (χ1n) is 5.56. The number of nitrogens with zero attached hydrogens (tertiary/aromatic N) is 1. The van der Waals surface area contributed by atoms with Crippen molar-refractivity contribution in [3.63, 3.8) is 0 Å². The standard InChI is InChI=1S/C10H19N3O/c11-10(14)13-6-5-9(7-13)12-8-3-1-2-4-8/h8-9,12H,1-7H2,(H2,11,14). The molecule has 2 amide bonds. The van der Waals surface area contributed by atoms with Crippen molar-refractivity contribution in [3.05, 3.63) is 0 Å². The highest BCUT2D eigenvalue weighted by atomic mass is 16.2. The van der Waals surface area contributed by atoms with Gasteiger partial charge in [-0.1, -0.05) is 12.8 Å². The van der Waals surface area contributed by atoms with E-state index in [2.05, 4.69) is 5.32 Å². The topological polar surface area (TPSA) is 58.4 Å². The van der Waals surface area contributed by atoms with Crippen LogP contribution in [0.5, 0.6) is 0 Å². The van der Waals surface area contributed by atoms with Gasteiger partial charge in [-0.15, -0.1) is 0 Å². The van der Waals surface area contributed by atoms with Gasteiger partial charge in [0.2, 0.25) is 0 Å². The molecule has 2 aliphatic rings. The highest BCUT2D eigenvalue weighted by Crippen LogP contribution is 2.20. The number of urea groups is 1. The molecule has 2 fully saturated rings. The van der Waals surface area contributed by atoms with Gasteiger partial charge in [0.1, 0.15) is 0 Å². The van der Waals surface area contributed by atoms with Crippen LogP contribution in [0.15, 0.2) is 0 Å². The number of carbonyl (C=O) groups excluding carboxylic acids is 1. The van der Waals surface area contributed by atoms with Crippen molar-refractivity contribution in [2.45, 2.75) is 44.2 Å². The second-order valence-corrected chi connectivity index (χ2v) is 4.42. The number of amides is 2. The lowest BCUT2D eigenvalue weighted by molar-refractivity contribution is 0.217. The van der Waals surface area contributed by atoms with Gasteiger partial charge in [-0.3, -0.25) is 0 Å². The van der Waals surface area contributed by atoms with Crippen LogP contribution < -0.4 is 11.1 Å². The third kappa shape index (κ3) is 2.18. The fourth-order valence-electron chi connectivity index (χ4n) is 2.52. The minimum absolute atomic E-state index is 0.277. The Kier molecular flexibility index (Phi) is 2.91. The monoisotopic (exact) mass is 197 g/mol. The Morgan fingerprint density at radius 1 is 1.21 bits per heavy atom.